The molecule has 0 amide bonds. The van der Waals surface area contributed by atoms with E-state index in [1.807, 2.05) is 0 Å². The Morgan fingerprint density at radius 3 is 2.93 bits per heavy atom. The zero-order valence-corrected chi connectivity index (χ0v) is 9.83. The second-order valence-corrected chi connectivity index (χ2v) is 4.80. The molecule has 0 radical (unpaired) electrons. The van der Waals surface area contributed by atoms with Crippen LogP contribution in [0.4, 0.5) is 5.69 Å². The summed E-state index contributed by atoms with van der Waals surface area (Å²) in [6.07, 6.45) is 1.09. The number of benzene rings is 1. The van der Waals surface area contributed by atoms with Crippen molar-refractivity contribution in [2.45, 2.75) is 32.2 Å². The molecule has 2 rings (SSSR count). The van der Waals surface area contributed by atoms with Crippen molar-refractivity contribution in [3.05, 3.63) is 29.3 Å². The third kappa shape index (κ3) is 1.86. The largest absolute Gasteiger partial charge is 0.374 e. The zero-order chi connectivity index (χ0) is 11.0. The minimum atomic E-state index is 0.286. The SMILES string of the molecule is Cc1cccc2c1C(CC(C)N)CN2C. The fraction of sp³-hybridized carbons (Fsp3) is 0.538. The molecule has 2 heteroatoms. The fourth-order valence-electron chi connectivity index (χ4n) is 2.69. The van der Waals surface area contributed by atoms with Crippen molar-refractivity contribution < 1.29 is 0 Å². The van der Waals surface area contributed by atoms with Crippen LogP contribution in [0.1, 0.15) is 30.4 Å². The summed E-state index contributed by atoms with van der Waals surface area (Å²) in [5, 5.41) is 0. The van der Waals surface area contributed by atoms with Crippen molar-refractivity contribution in [1.29, 1.82) is 0 Å². The van der Waals surface area contributed by atoms with E-state index in [0.717, 1.165) is 13.0 Å². The molecule has 15 heavy (non-hydrogen) atoms. The topological polar surface area (TPSA) is 29.3 Å². The Labute approximate surface area is 92.1 Å². The standard InChI is InChI=1S/C13H20N2/c1-9-5-4-6-12-13(9)11(7-10(2)14)8-15(12)3/h4-6,10-11H,7-8,14H2,1-3H3. The molecular formula is C13H20N2. The van der Waals surface area contributed by atoms with Gasteiger partial charge in [-0.2, -0.15) is 0 Å². The van der Waals surface area contributed by atoms with Crippen LogP contribution in [-0.4, -0.2) is 19.6 Å². The maximum Gasteiger partial charge on any atom is 0.0402 e. The number of fused-ring (bicyclic) bond motifs is 1. The van der Waals surface area contributed by atoms with E-state index in [9.17, 15) is 0 Å². The summed E-state index contributed by atoms with van der Waals surface area (Å²) in [5.41, 5.74) is 10.2. The second kappa shape index (κ2) is 3.86. The molecule has 1 aromatic carbocycles. The van der Waals surface area contributed by atoms with Crippen LogP contribution in [0.3, 0.4) is 0 Å². The Kier molecular flexibility index (Phi) is 2.70. The minimum absolute atomic E-state index is 0.286. The summed E-state index contributed by atoms with van der Waals surface area (Å²) in [7, 11) is 2.17. The van der Waals surface area contributed by atoms with Crippen molar-refractivity contribution in [3.63, 3.8) is 0 Å². The van der Waals surface area contributed by atoms with E-state index in [4.69, 9.17) is 5.73 Å². The molecule has 0 bridgehead atoms. The average Bonchev–Trinajstić information content (AvgIpc) is 2.44. The molecule has 1 aliphatic heterocycles. The Bertz CT molecular complexity index is 356. The Morgan fingerprint density at radius 1 is 1.53 bits per heavy atom. The number of nitrogens with zero attached hydrogens (tertiary/aromatic N) is 1. The minimum Gasteiger partial charge on any atom is -0.374 e. The third-order valence-corrected chi connectivity index (χ3v) is 3.27. The zero-order valence-electron chi connectivity index (χ0n) is 9.83. The van der Waals surface area contributed by atoms with Crippen molar-refractivity contribution >= 4 is 5.69 Å². The average molecular weight is 204 g/mol. The van der Waals surface area contributed by atoms with E-state index in [1.54, 1.807) is 0 Å². The third-order valence-electron chi connectivity index (χ3n) is 3.27. The highest BCUT2D eigenvalue weighted by Crippen LogP contribution is 2.39. The van der Waals surface area contributed by atoms with Crippen LogP contribution in [0.5, 0.6) is 0 Å². The first-order chi connectivity index (χ1) is 7.09. The molecule has 0 fully saturated rings. The van der Waals surface area contributed by atoms with E-state index in [1.165, 1.54) is 16.8 Å². The molecule has 0 saturated heterocycles. The second-order valence-electron chi connectivity index (χ2n) is 4.80. The number of rotatable bonds is 2. The molecular weight excluding hydrogens is 184 g/mol. The molecule has 0 aliphatic carbocycles. The first-order valence-corrected chi connectivity index (χ1v) is 5.66. The number of nitrogens with two attached hydrogens (primary N) is 1. The Morgan fingerprint density at radius 2 is 2.27 bits per heavy atom. The van der Waals surface area contributed by atoms with Gasteiger partial charge >= 0.3 is 0 Å². The van der Waals surface area contributed by atoms with Gasteiger partial charge in [-0.05, 0) is 37.5 Å². The molecule has 1 aromatic rings. The van der Waals surface area contributed by atoms with E-state index in [-0.39, 0.29) is 6.04 Å². The van der Waals surface area contributed by atoms with Crippen LogP contribution in [0, 0.1) is 6.92 Å². The fourth-order valence-corrected chi connectivity index (χ4v) is 2.69. The normalized spacial score (nSPS) is 21.6. The van der Waals surface area contributed by atoms with Gasteiger partial charge in [0.05, 0.1) is 0 Å². The highest BCUT2D eigenvalue weighted by molar-refractivity contribution is 5.62. The molecule has 2 nitrogen and oxygen atoms in total. The predicted octanol–water partition coefficient (Wildman–Crippen LogP) is 2.27. The number of likely N-dealkylation sites (N-methyl/N-ethyl adjacent to an activating group) is 1. The summed E-state index contributed by atoms with van der Waals surface area (Å²) in [6.45, 7) is 5.41. The van der Waals surface area contributed by atoms with Crippen molar-refractivity contribution in [2.75, 3.05) is 18.5 Å². The van der Waals surface area contributed by atoms with Crippen molar-refractivity contribution in [1.82, 2.24) is 0 Å². The lowest BCUT2D eigenvalue weighted by molar-refractivity contribution is 0.571. The molecule has 2 N–H and O–H groups in total. The van der Waals surface area contributed by atoms with Gasteiger partial charge in [-0.1, -0.05) is 12.1 Å². The quantitative estimate of drug-likeness (QED) is 0.800. The van der Waals surface area contributed by atoms with Crippen molar-refractivity contribution in [2.24, 2.45) is 5.73 Å². The summed E-state index contributed by atoms with van der Waals surface area (Å²) >= 11 is 0. The molecule has 0 spiro atoms. The number of aryl methyl sites for hydroxylation is 1. The van der Waals surface area contributed by atoms with Gasteiger partial charge in [0.25, 0.3) is 0 Å². The molecule has 2 unspecified atom stereocenters. The molecule has 1 aliphatic rings. The van der Waals surface area contributed by atoms with E-state index < -0.39 is 0 Å². The van der Waals surface area contributed by atoms with Crippen molar-refractivity contribution in [3.8, 4) is 0 Å². The van der Waals surface area contributed by atoms with Gasteiger partial charge in [-0.15, -0.1) is 0 Å². The summed E-state index contributed by atoms with van der Waals surface area (Å²) in [4.78, 5) is 2.34. The molecule has 1 heterocycles. The smallest absolute Gasteiger partial charge is 0.0402 e. The van der Waals surface area contributed by atoms with Crippen LogP contribution < -0.4 is 10.6 Å². The highest BCUT2D eigenvalue weighted by Gasteiger charge is 2.27. The van der Waals surface area contributed by atoms with Crippen LogP contribution in [-0.2, 0) is 0 Å². The lowest BCUT2D eigenvalue weighted by atomic mass is 9.91. The van der Waals surface area contributed by atoms with Gasteiger partial charge in [-0.25, -0.2) is 0 Å². The van der Waals surface area contributed by atoms with E-state index in [0.29, 0.717) is 5.92 Å². The van der Waals surface area contributed by atoms with E-state index >= 15 is 0 Å². The van der Waals surface area contributed by atoms with Crippen LogP contribution in [0.25, 0.3) is 0 Å². The first-order valence-electron chi connectivity index (χ1n) is 5.66. The lowest BCUT2D eigenvalue weighted by Crippen LogP contribution is -2.22. The highest BCUT2D eigenvalue weighted by atomic mass is 15.1. The first kappa shape index (κ1) is 10.5. The Balaban J connectivity index is 2.35. The molecule has 82 valence electrons. The van der Waals surface area contributed by atoms with E-state index in [2.05, 4.69) is 44.0 Å². The monoisotopic (exact) mass is 204 g/mol. The van der Waals surface area contributed by atoms with Gasteiger partial charge in [-0.3, -0.25) is 0 Å². The molecule has 0 aromatic heterocycles. The number of anilines is 1. The van der Waals surface area contributed by atoms with Crippen LogP contribution >= 0.6 is 0 Å². The van der Waals surface area contributed by atoms with Gasteiger partial charge in [0.1, 0.15) is 0 Å². The summed E-state index contributed by atoms with van der Waals surface area (Å²) in [6, 6.07) is 6.84. The molecule has 0 saturated carbocycles. The summed E-state index contributed by atoms with van der Waals surface area (Å²) < 4.78 is 0. The maximum atomic E-state index is 5.91. The van der Waals surface area contributed by atoms with Gasteiger partial charge in [0.15, 0.2) is 0 Å². The summed E-state index contributed by atoms with van der Waals surface area (Å²) in [5.74, 6) is 0.617. The van der Waals surface area contributed by atoms with Gasteiger partial charge < -0.3 is 10.6 Å². The Hall–Kier alpha value is -1.02. The van der Waals surface area contributed by atoms with Crippen LogP contribution in [0.2, 0.25) is 0 Å². The molecule has 2 atom stereocenters. The maximum absolute atomic E-state index is 5.91. The number of hydrogen-bond donors (Lipinski definition) is 1. The van der Waals surface area contributed by atoms with Crippen LogP contribution in [0.15, 0.2) is 18.2 Å². The predicted molar refractivity (Wildman–Crippen MR) is 65.5 cm³/mol. The number of hydrogen-bond acceptors (Lipinski definition) is 2. The van der Waals surface area contributed by atoms with Gasteiger partial charge in [0, 0.05) is 31.2 Å². The van der Waals surface area contributed by atoms with Gasteiger partial charge in [0.2, 0.25) is 0 Å². The lowest BCUT2D eigenvalue weighted by Gasteiger charge is -2.15.